The van der Waals surface area contributed by atoms with E-state index in [0.29, 0.717) is 23.5 Å². The van der Waals surface area contributed by atoms with Crippen molar-refractivity contribution in [1.82, 2.24) is 0 Å². The van der Waals surface area contributed by atoms with Crippen LogP contribution in [0.4, 0.5) is 11.4 Å². The Morgan fingerprint density at radius 3 is 2.50 bits per heavy atom. The highest BCUT2D eigenvalue weighted by molar-refractivity contribution is 7.89. The third-order valence-electron chi connectivity index (χ3n) is 3.99. The zero-order chi connectivity index (χ0) is 15.0. The van der Waals surface area contributed by atoms with E-state index in [-0.39, 0.29) is 10.5 Å². The number of nitrogens with two attached hydrogens (primary N) is 2. The molecule has 20 heavy (non-hydrogen) atoms. The molecule has 5 N–H and O–H groups in total. The summed E-state index contributed by atoms with van der Waals surface area (Å²) in [6.45, 7) is 2.33. The van der Waals surface area contributed by atoms with Gasteiger partial charge in [-0.25, -0.2) is 13.6 Å². The van der Waals surface area contributed by atoms with Crippen molar-refractivity contribution in [2.24, 2.45) is 5.14 Å². The Balaban J connectivity index is 2.26. The fraction of sp³-hybridized carbons (Fsp3) is 0.538. The molecule has 6 nitrogen and oxygen atoms in total. The van der Waals surface area contributed by atoms with Crippen molar-refractivity contribution >= 4 is 21.4 Å². The minimum Gasteiger partial charge on any atom is -0.399 e. The first kappa shape index (κ1) is 15.1. The first-order chi connectivity index (χ1) is 9.27. The van der Waals surface area contributed by atoms with Crippen molar-refractivity contribution in [2.45, 2.75) is 36.7 Å². The predicted molar refractivity (Wildman–Crippen MR) is 79.0 cm³/mol. The lowest BCUT2D eigenvalue weighted by Crippen LogP contribution is -2.45. The van der Waals surface area contributed by atoms with Crippen LogP contribution in [0.1, 0.15) is 24.8 Å². The van der Waals surface area contributed by atoms with Crippen molar-refractivity contribution in [2.75, 3.05) is 24.7 Å². The smallest absolute Gasteiger partial charge is 0.238 e. The van der Waals surface area contributed by atoms with Gasteiger partial charge < -0.3 is 15.8 Å². The second-order valence-electron chi connectivity index (χ2n) is 5.33. The first-order valence-electron chi connectivity index (χ1n) is 6.49. The molecule has 0 atom stereocenters. The molecule has 1 saturated carbocycles. The number of rotatable bonds is 5. The minimum atomic E-state index is -3.78. The Kier molecular flexibility index (Phi) is 3.95. The van der Waals surface area contributed by atoms with Gasteiger partial charge in [0.15, 0.2) is 0 Å². The molecule has 0 heterocycles. The summed E-state index contributed by atoms with van der Waals surface area (Å²) < 4.78 is 28.6. The van der Waals surface area contributed by atoms with Crippen LogP contribution in [-0.4, -0.2) is 27.7 Å². The highest BCUT2D eigenvalue weighted by Gasteiger charge is 2.36. The van der Waals surface area contributed by atoms with Crippen LogP contribution in [0, 0.1) is 6.92 Å². The highest BCUT2D eigenvalue weighted by Crippen LogP contribution is 2.36. The Morgan fingerprint density at radius 2 is 2.05 bits per heavy atom. The summed E-state index contributed by atoms with van der Waals surface area (Å²) in [6.07, 6.45) is 3.15. The molecule has 0 radical (unpaired) electrons. The molecule has 0 amide bonds. The van der Waals surface area contributed by atoms with Crippen molar-refractivity contribution in [3.8, 4) is 0 Å². The SMILES string of the molecule is COC1(CNc2cc(N)cc(S(N)(=O)=O)c2C)CCC1. The van der Waals surface area contributed by atoms with E-state index in [1.54, 1.807) is 20.1 Å². The van der Waals surface area contributed by atoms with E-state index < -0.39 is 10.0 Å². The predicted octanol–water partition coefficient (Wildman–Crippen LogP) is 1.21. The maximum Gasteiger partial charge on any atom is 0.238 e. The van der Waals surface area contributed by atoms with E-state index in [9.17, 15) is 8.42 Å². The van der Waals surface area contributed by atoms with Gasteiger partial charge in [0.05, 0.1) is 10.5 Å². The van der Waals surface area contributed by atoms with Gasteiger partial charge in [-0.2, -0.15) is 0 Å². The number of benzene rings is 1. The summed E-state index contributed by atoms with van der Waals surface area (Å²) in [5.74, 6) is 0. The van der Waals surface area contributed by atoms with Gasteiger partial charge in [-0.1, -0.05) is 0 Å². The van der Waals surface area contributed by atoms with Crippen molar-refractivity contribution < 1.29 is 13.2 Å². The third-order valence-corrected chi connectivity index (χ3v) is 5.02. The van der Waals surface area contributed by atoms with Crippen LogP contribution in [0.2, 0.25) is 0 Å². The molecule has 0 saturated heterocycles. The van der Waals surface area contributed by atoms with Gasteiger partial charge in [0.2, 0.25) is 10.0 Å². The van der Waals surface area contributed by atoms with E-state index in [0.717, 1.165) is 19.3 Å². The second-order valence-corrected chi connectivity index (χ2v) is 6.86. The van der Waals surface area contributed by atoms with Crippen molar-refractivity contribution in [1.29, 1.82) is 0 Å². The zero-order valence-corrected chi connectivity index (χ0v) is 12.6. The van der Waals surface area contributed by atoms with E-state index >= 15 is 0 Å². The molecular formula is C13H21N3O3S. The second kappa shape index (κ2) is 5.23. The normalized spacial score (nSPS) is 17.6. The molecule has 0 unspecified atom stereocenters. The Bertz CT molecular complexity index is 604. The average molecular weight is 299 g/mol. The van der Waals surface area contributed by atoms with Crippen LogP contribution < -0.4 is 16.2 Å². The molecule has 0 bridgehead atoms. The highest BCUT2D eigenvalue weighted by atomic mass is 32.2. The number of nitrogen functional groups attached to an aromatic ring is 1. The summed E-state index contributed by atoms with van der Waals surface area (Å²) in [5, 5.41) is 8.44. The monoisotopic (exact) mass is 299 g/mol. The van der Waals surface area contributed by atoms with Crippen LogP contribution in [-0.2, 0) is 14.8 Å². The van der Waals surface area contributed by atoms with E-state index in [1.807, 2.05) is 0 Å². The maximum atomic E-state index is 11.6. The van der Waals surface area contributed by atoms with Gasteiger partial charge in [-0.15, -0.1) is 0 Å². The molecule has 1 aromatic carbocycles. The summed E-state index contributed by atoms with van der Waals surface area (Å²) in [6, 6.07) is 3.09. The van der Waals surface area contributed by atoms with Crippen LogP contribution in [0.5, 0.6) is 0 Å². The molecule has 1 fully saturated rings. The average Bonchev–Trinajstić information content (AvgIpc) is 2.30. The molecule has 1 aliphatic rings. The molecule has 0 aromatic heterocycles. The Labute approximate surface area is 119 Å². The quantitative estimate of drug-likeness (QED) is 0.708. The van der Waals surface area contributed by atoms with Gasteiger partial charge in [0.25, 0.3) is 0 Å². The largest absolute Gasteiger partial charge is 0.399 e. The number of anilines is 2. The lowest BCUT2D eigenvalue weighted by atomic mass is 9.80. The zero-order valence-electron chi connectivity index (χ0n) is 11.8. The van der Waals surface area contributed by atoms with Gasteiger partial charge in [0, 0.05) is 25.0 Å². The minimum absolute atomic E-state index is 0.0556. The molecular weight excluding hydrogens is 278 g/mol. The number of ether oxygens (including phenoxy) is 1. The van der Waals surface area contributed by atoms with Gasteiger partial charge >= 0.3 is 0 Å². The molecule has 7 heteroatoms. The number of hydrogen-bond acceptors (Lipinski definition) is 5. The first-order valence-corrected chi connectivity index (χ1v) is 8.04. The Morgan fingerprint density at radius 1 is 1.40 bits per heavy atom. The van der Waals surface area contributed by atoms with Crippen LogP contribution in [0.3, 0.4) is 0 Å². The van der Waals surface area contributed by atoms with Crippen LogP contribution >= 0.6 is 0 Å². The molecule has 2 rings (SSSR count). The molecule has 112 valence electrons. The number of nitrogens with one attached hydrogen (secondary N) is 1. The van der Waals surface area contributed by atoms with Crippen LogP contribution in [0.15, 0.2) is 17.0 Å². The number of methoxy groups -OCH3 is 1. The number of sulfonamides is 1. The van der Waals surface area contributed by atoms with E-state index in [2.05, 4.69) is 5.32 Å². The lowest BCUT2D eigenvalue weighted by molar-refractivity contribution is -0.0601. The molecule has 1 aromatic rings. The standard InChI is InChI=1S/C13H21N3O3S/c1-9-11(16-8-13(19-2)4-3-5-13)6-10(14)7-12(9)20(15,17)18/h6-7,16H,3-5,8,14H2,1-2H3,(H2,15,17,18). The number of primary sulfonamides is 1. The molecule has 1 aliphatic carbocycles. The van der Waals surface area contributed by atoms with Gasteiger partial charge in [0.1, 0.15) is 0 Å². The summed E-state index contributed by atoms with van der Waals surface area (Å²) in [4.78, 5) is 0.0556. The molecule has 0 aliphatic heterocycles. The van der Waals surface area contributed by atoms with E-state index in [4.69, 9.17) is 15.6 Å². The topological polar surface area (TPSA) is 107 Å². The molecule has 0 spiro atoms. The lowest BCUT2D eigenvalue weighted by Gasteiger charge is -2.41. The van der Waals surface area contributed by atoms with Crippen molar-refractivity contribution in [3.05, 3.63) is 17.7 Å². The van der Waals surface area contributed by atoms with Gasteiger partial charge in [-0.05, 0) is 43.9 Å². The fourth-order valence-electron chi connectivity index (χ4n) is 2.47. The fourth-order valence-corrected chi connectivity index (χ4v) is 3.31. The van der Waals surface area contributed by atoms with Gasteiger partial charge in [-0.3, -0.25) is 0 Å². The van der Waals surface area contributed by atoms with Crippen molar-refractivity contribution in [3.63, 3.8) is 0 Å². The van der Waals surface area contributed by atoms with E-state index in [1.165, 1.54) is 6.07 Å². The van der Waals surface area contributed by atoms with Crippen LogP contribution in [0.25, 0.3) is 0 Å². The summed E-state index contributed by atoms with van der Waals surface area (Å²) in [7, 11) is -2.08. The maximum absolute atomic E-state index is 11.6. The third kappa shape index (κ3) is 2.89. The summed E-state index contributed by atoms with van der Waals surface area (Å²) in [5.41, 5.74) is 7.22. The Hall–Kier alpha value is -1.31. The number of hydrogen-bond donors (Lipinski definition) is 3. The summed E-state index contributed by atoms with van der Waals surface area (Å²) >= 11 is 0.